The van der Waals surface area contributed by atoms with E-state index in [4.69, 9.17) is 17.3 Å². The minimum Gasteiger partial charge on any atom is -0.368 e. The van der Waals surface area contributed by atoms with Gasteiger partial charge in [-0.1, -0.05) is 23.7 Å². The van der Waals surface area contributed by atoms with Gasteiger partial charge in [0, 0.05) is 29.5 Å². The molecule has 27 heavy (non-hydrogen) atoms. The number of halogens is 1. The summed E-state index contributed by atoms with van der Waals surface area (Å²) >= 11 is 6.17. The van der Waals surface area contributed by atoms with Gasteiger partial charge in [0.2, 0.25) is 5.95 Å². The Bertz CT molecular complexity index is 959. The molecule has 3 aromatic rings. The lowest BCUT2D eigenvalue weighted by Gasteiger charge is -2.36. The average molecular weight is 383 g/mol. The fourth-order valence-electron chi connectivity index (χ4n) is 3.53. The quantitative estimate of drug-likeness (QED) is 0.722. The molecular weight excluding hydrogens is 364 g/mol. The third-order valence-corrected chi connectivity index (χ3v) is 5.02. The first-order chi connectivity index (χ1) is 13.1. The van der Waals surface area contributed by atoms with Crippen LogP contribution < -0.4 is 5.73 Å². The topological polar surface area (TPSA) is 101 Å². The summed E-state index contributed by atoms with van der Waals surface area (Å²) in [5.74, 6) is 0.0988. The molecule has 0 spiro atoms. The maximum atomic E-state index is 13.0. The number of rotatable bonds is 3. The Morgan fingerprint density at radius 2 is 2.19 bits per heavy atom. The molecule has 4 rings (SSSR count). The highest BCUT2D eigenvalue weighted by Gasteiger charge is 2.32. The van der Waals surface area contributed by atoms with E-state index in [0.717, 1.165) is 36.1 Å². The van der Waals surface area contributed by atoms with Crippen LogP contribution in [0, 0.1) is 0 Å². The van der Waals surface area contributed by atoms with E-state index in [1.807, 2.05) is 29.2 Å². The van der Waals surface area contributed by atoms with E-state index in [2.05, 4.69) is 20.2 Å². The van der Waals surface area contributed by atoms with Crippen LogP contribution in [0.1, 0.15) is 41.5 Å². The van der Waals surface area contributed by atoms with Gasteiger partial charge < -0.3 is 10.6 Å². The summed E-state index contributed by atoms with van der Waals surface area (Å²) in [5.41, 5.74) is 8.84. The van der Waals surface area contributed by atoms with Crippen LogP contribution in [0.25, 0.3) is 11.1 Å². The van der Waals surface area contributed by atoms with Crippen molar-refractivity contribution >= 4 is 23.5 Å². The molecule has 0 radical (unpaired) electrons. The first kappa shape index (κ1) is 17.5. The Hall–Kier alpha value is -2.93. The van der Waals surface area contributed by atoms with Crippen LogP contribution in [-0.4, -0.2) is 37.5 Å². The van der Waals surface area contributed by atoms with Gasteiger partial charge in [0.05, 0.1) is 11.7 Å². The van der Waals surface area contributed by atoms with E-state index in [1.165, 1.54) is 0 Å². The molecule has 138 valence electrons. The van der Waals surface area contributed by atoms with Gasteiger partial charge in [-0.25, -0.2) is 9.97 Å². The van der Waals surface area contributed by atoms with Crippen LogP contribution in [0.4, 0.5) is 5.95 Å². The first-order valence-electron chi connectivity index (χ1n) is 8.82. The molecule has 1 fully saturated rings. The Balaban J connectivity index is 1.78. The Morgan fingerprint density at radius 3 is 2.96 bits per heavy atom. The molecule has 3 N–H and O–H groups in total. The van der Waals surface area contributed by atoms with Gasteiger partial charge in [0.15, 0.2) is 0 Å². The number of carbonyl (C=O) groups is 1. The first-order valence-corrected chi connectivity index (χ1v) is 9.20. The minimum atomic E-state index is -0.186. The lowest BCUT2D eigenvalue weighted by Crippen LogP contribution is -2.39. The summed E-state index contributed by atoms with van der Waals surface area (Å²) < 4.78 is 0. The zero-order valence-corrected chi connectivity index (χ0v) is 15.4. The predicted octanol–water partition coefficient (Wildman–Crippen LogP) is 3.47. The number of benzene rings is 1. The molecule has 1 aliphatic heterocycles. The molecular formula is C19H19ClN6O. The molecule has 0 unspecified atom stereocenters. The fourth-order valence-corrected chi connectivity index (χ4v) is 3.72. The van der Waals surface area contributed by atoms with Crippen LogP contribution in [-0.2, 0) is 0 Å². The van der Waals surface area contributed by atoms with Gasteiger partial charge >= 0.3 is 0 Å². The SMILES string of the molecule is Nc1ncc(-c2cccc(Cl)c2)c([C@@H]2CCCCN2C(=O)c2ccn[nH]2)n1. The van der Waals surface area contributed by atoms with Crippen LogP contribution in [0.3, 0.4) is 0 Å². The number of nitrogen functional groups attached to an aromatic ring is 1. The fraction of sp³-hybridized carbons (Fsp3) is 0.263. The lowest BCUT2D eigenvalue weighted by molar-refractivity contribution is 0.0600. The van der Waals surface area contributed by atoms with Crippen LogP contribution in [0.2, 0.25) is 5.02 Å². The molecule has 1 aliphatic rings. The van der Waals surface area contributed by atoms with Crippen LogP contribution >= 0.6 is 11.6 Å². The number of nitrogens with two attached hydrogens (primary N) is 1. The van der Waals surface area contributed by atoms with Crippen molar-refractivity contribution in [1.29, 1.82) is 0 Å². The molecule has 2 aromatic heterocycles. The minimum absolute atomic E-state index is 0.0913. The van der Waals surface area contributed by atoms with E-state index in [0.29, 0.717) is 17.3 Å². The van der Waals surface area contributed by atoms with Crippen molar-refractivity contribution in [3.05, 3.63) is 59.1 Å². The summed E-state index contributed by atoms with van der Waals surface area (Å²) in [7, 11) is 0. The third-order valence-electron chi connectivity index (χ3n) is 4.78. The van der Waals surface area contributed by atoms with Crippen molar-refractivity contribution in [3.63, 3.8) is 0 Å². The third kappa shape index (κ3) is 3.50. The average Bonchev–Trinajstić information content (AvgIpc) is 3.22. The number of hydrogen-bond acceptors (Lipinski definition) is 5. The molecule has 0 aliphatic carbocycles. The number of piperidine rings is 1. The second-order valence-electron chi connectivity index (χ2n) is 6.52. The maximum Gasteiger partial charge on any atom is 0.272 e. The molecule has 8 heteroatoms. The molecule has 0 bridgehead atoms. The van der Waals surface area contributed by atoms with Crippen molar-refractivity contribution in [3.8, 4) is 11.1 Å². The summed E-state index contributed by atoms with van der Waals surface area (Å²) in [6.07, 6.45) is 6.05. The standard InChI is InChI=1S/C19H19ClN6O/c20-13-5-3-4-12(10-13)14-11-22-19(21)24-17(14)16-6-1-2-9-26(16)18(27)15-7-8-23-25-15/h3-5,7-8,10-11,16H,1-2,6,9H2,(H,23,25)(H2,21,22,24)/t16-/m0/s1. The summed E-state index contributed by atoms with van der Waals surface area (Å²) in [6, 6.07) is 9.01. The van der Waals surface area contributed by atoms with E-state index < -0.39 is 0 Å². The number of aromatic amines is 1. The zero-order valence-electron chi connectivity index (χ0n) is 14.6. The molecule has 1 amide bonds. The second-order valence-corrected chi connectivity index (χ2v) is 6.95. The van der Waals surface area contributed by atoms with Crippen molar-refractivity contribution in [1.82, 2.24) is 25.1 Å². The number of nitrogens with zero attached hydrogens (tertiary/aromatic N) is 4. The number of hydrogen-bond donors (Lipinski definition) is 2. The van der Waals surface area contributed by atoms with E-state index in [1.54, 1.807) is 18.5 Å². The molecule has 0 saturated carbocycles. The highest BCUT2D eigenvalue weighted by atomic mass is 35.5. The number of likely N-dealkylation sites (tertiary alicyclic amines) is 1. The highest BCUT2D eigenvalue weighted by molar-refractivity contribution is 6.30. The maximum absolute atomic E-state index is 13.0. The number of H-pyrrole nitrogens is 1. The van der Waals surface area contributed by atoms with Gasteiger partial charge in [0.1, 0.15) is 5.69 Å². The summed E-state index contributed by atoms with van der Waals surface area (Å²) in [6.45, 7) is 0.654. The normalized spacial score (nSPS) is 17.1. The Kier molecular flexibility index (Phi) is 4.77. The van der Waals surface area contributed by atoms with Gasteiger partial charge in [0.25, 0.3) is 5.91 Å². The summed E-state index contributed by atoms with van der Waals surface area (Å²) in [5, 5.41) is 7.28. The lowest BCUT2D eigenvalue weighted by atomic mass is 9.93. The number of nitrogens with one attached hydrogen (secondary N) is 1. The van der Waals surface area contributed by atoms with Crippen LogP contribution in [0.15, 0.2) is 42.7 Å². The van der Waals surface area contributed by atoms with Crippen LogP contribution in [0.5, 0.6) is 0 Å². The van der Waals surface area contributed by atoms with Gasteiger partial charge in [-0.2, -0.15) is 5.10 Å². The van der Waals surface area contributed by atoms with Crippen molar-refractivity contribution in [2.24, 2.45) is 0 Å². The van der Waals surface area contributed by atoms with Gasteiger partial charge in [-0.15, -0.1) is 0 Å². The van der Waals surface area contributed by atoms with Gasteiger partial charge in [-0.05, 0) is 43.0 Å². The van der Waals surface area contributed by atoms with E-state index >= 15 is 0 Å². The zero-order chi connectivity index (χ0) is 18.8. The van der Waals surface area contributed by atoms with Crippen molar-refractivity contribution < 1.29 is 4.79 Å². The molecule has 3 heterocycles. The molecule has 1 aromatic carbocycles. The highest BCUT2D eigenvalue weighted by Crippen LogP contribution is 2.37. The number of anilines is 1. The number of aromatic nitrogens is 4. The Labute approximate surface area is 161 Å². The number of carbonyl (C=O) groups excluding carboxylic acids is 1. The van der Waals surface area contributed by atoms with Crippen molar-refractivity contribution in [2.45, 2.75) is 25.3 Å². The van der Waals surface area contributed by atoms with E-state index in [-0.39, 0.29) is 17.9 Å². The van der Waals surface area contributed by atoms with E-state index in [9.17, 15) is 4.79 Å². The monoisotopic (exact) mass is 382 g/mol. The van der Waals surface area contributed by atoms with Gasteiger partial charge in [-0.3, -0.25) is 9.89 Å². The second kappa shape index (κ2) is 7.36. The summed E-state index contributed by atoms with van der Waals surface area (Å²) in [4.78, 5) is 23.5. The predicted molar refractivity (Wildman–Crippen MR) is 103 cm³/mol. The molecule has 7 nitrogen and oxygen atoms in total. The number of amides is 1. The Morgan fingerprint density at radius 1 is 1.30 bits per heavy atom. The van der Waals surface area contributed by atoms with Crippen molar-refractivity contribution in [2.75, 3.05) is 12.3 Å². The molecule has 1 saturated heterocycles. The molecule has 1 atom stereocenters. The largest absolute Gasteiger partial charge is 0.368 e. The smallest absolute Gasteiger partial charge is 0.272 e.